The third-order valence-electron chi connectivity index (χ3n) is 2.68. The van der Waals surface area contributed by atoms with Gasteiger partial charge in [0, 0.05) is 25.6 Å². The van der Waals surface area contributed by atoms with Gasteiger partial charge < -0.3 is 10.2 Å². The number of nitrogens with one attached hydrogen (secondary N) is 1. The van der Waals surface area contributed by atoms with Gasteiger partial charge in [-0.05, 0) is 38.3 Å². The highest BCUT2D eigenvalue weighted by molar-refractivity contribution is 7.98. The minimum Gasteiger partial charge on any atom is -0.341 e. The molecule has 0 aromatic rings. The highest BCUT2D eigenvalue weighted by atomic mass is 32.2. The van der Waals surface area contributed by atoms with E-state index in [1.54, 1.807) is 0 Å². The molecule has 0 bridgehead atoms. The van der Waals surface area contributed by atoms with E-state index >= 15 is 0 Å². The largest absolute Gasteiger partial charge is 0.341 e. The zero-order chi connectivity index (χ0) is 11.1. The lowest BCUT2D eigenvalue weighted by Crippen LogP contribution is -2.40. The summed E-state index contributed by atoms with van der Waals surface area (Å²) in [5.74, 6) is 1.54. The first-order valence-corrected chi connectivity index (χ1v) is 7.13. The number of nitrogens with zero attached hydrogens (tertiary/aromatic N) is 1. The maximum atomic E-state index is 11.4. The molecule has 1 N–H and O–H groups in total. The Morgan fingerprint density at radius 3 is 3.00 bits per heavy atom. The normalized spacial score (nSPS) is 18.5. The molecule has 0 saturated carbocycles. The molecule has 0 aliphatic carbocycles. The third-order valence-corrected chi connectivity index (χ3v) is 3.38. The minimum absolute atomic E-state index is 0.327. The predicted octanol–water partition coefficient (Wildman–Crippen LogP) is 1.34. The average Bonchev–Trinajstić information content (AvgIpc) is 2.59. The number of thioether (sulfide) groups is 1. The molecule has 0 aromatic carbocycles. The lowest BCUT2D eigenvalue weighted by Gasteiger charge is -2.21. The summed E-state index contributed by atoms with van der Waals surface area (Å²) in [5, 5.41) is 3.46. The summed E-state index contributed by atoms with van der Waals surface area (Å²) in [5.41, 5.74) is 0. The van der Waals surface area contributed by atoms with Gasteiger partial charge in [0.15, 0.2) is 0 Å². The molecule has 1 aliphatic rings. The Morgan fingerprint density at radius 1 is 1.60 bits per heavy atom. The van der Waals surface area contributed by atoms with Crippen molar-refractivity contribution in [3.8, 4) is 0 Å². The van der Waals surface area contributed by atoms with Crippen LogP contribution in [0.1, 0.15) is 26.2 Å². The summed E-state index contributed by atoms with van der Waals surface area (Å²) in [4.78, 5) is 13.4. The molecule has 1 amide bonds. The molecule has 1 fully saturated rings. The Balaban J connectivity index is 2.07. The second kappa shape index (κ2) is 7.12. The van der Waals surface area contributed by atoms with E-state index in [4.69, 9.17) is 0 Å². The predicted molar refractivity (Wildman–Crippen MR) is 66.3 cm³/mol. The molecule has 0 radical (unpaired) electrons. The van der Waals surface area contributed by atoms with Gasteiger partial charge in [0.25, 0.3) is 0 Å². The van der Waals surface area contributed by atoms with Crippen LogP contribution in [-0.2, 0) is 4.79 Å². The Labute approximate surface area is 97.0 Å². The molecule has 1 heterocycles. The zero-order valence-corrected chi connectivity index (χ0v) is 10.6. The number of likely N-dealkylation sites (tertiary alicyclic amines) is 1. The van der Waals surface area contributed by atoms with Crippen LogP contribution in [0.25, 0.3) is 0 Å². The molecule has 3 nitrogen and oxygen atoms in total. The monoisotopic (exact) mass is 230 g/mol. The van der Waals surface area contributed by atoms with Crippen LogP contribution < -0.4 is 5.32 Å². The van der Waals surface area contributed by atoms with E-state index in [0.717, 1.165) is 32.5 Å². The van der Waals surface area contributed by atoms with E-state index in [-0.39, 0.29) is 0 Å². The number of rotatable bonds is 7. The molecule has 0 aromatic heterocycles. The molecule has 1 aliphatic heterocycles. The van der Waals surface area contributed by atoms with E-state index < -0.39 is 0 Å². The first-order chi connectivity index (χ1) is 7.24. The molecular formula is C11H22N2OS. The van der Waals surface area contributed by atoms with Gasteiger partial charge in [0.05, 0.1) is 0 Å². The first kappa shape index (κ1) is 12.8. The van der Waals surface area contributed by atoms with Crippen molar-refractivity contribution in [3.63, 3.8) is 0 Å². The van der Waals surface area contributed by atoms with Crippen LogP contribution in [0.3, 0.4) is 0 Å². The summed E-state index contributed by atoms with van der Waals surface area (Å²) in [7, 11) is 0. The summed E-state index contributed by atoms with van der Waals surface area (Å²) < 4.78 is 0. The van der Waals surface area contributed by atoms with Crippen LogP contribution in [0.2, 0.25) is 0 Å². The molecule has 88 valence electrons. The lowest BCUT2D eigenvalue weighted by atomic mass is 10.3. The first-order valence-electron chi connectivity index (χ1n) is 5.74. The van der Waals surface area contributed by atoms with Crippen LogP contribution in [0.5, 0.6) is 0 Å². The van der Waals surface area contributed by atoms with Gasteiger partial charge in [-0.25, -0.2) is 0 Å². The van der Waals surface area contributed by atoms with Crippen LogP contribution in [0.15, 0.2) is 0 Å². The summed E-state index contributed by atoms with van der Waals surface area (Å²) in [6.07, 6.45) is 5.13. The fourth-order valence-electron chi connectivity index (χ4n) is 1.86. The zero-order valence-electron chi connectivity index (χ0n) is 9.79. The Hall–Kier alpha value is -0.220. The Bertz CT molecular complexity index is 199. The fourth-order valence-corrected chi connectivity index (χ4v) is 2.29. The molecule has 4 heteroatoms. The number of hydrogen-bond donors (Lipinski definition) is 1. The standard InChI is InChI=1S/C11H22N2OS/c1-10(12-6-4-8-15-2)9-13-7-3-5-11(13)14/h10,12H,3-9H2,1-2H3. The smallest absolute Gasteiger partial charge is 0.222 e. The Kier molecular flexibility index (Phi) is 6.10. The van der Waals surface area contributed by atoms with Crippen LogP contribution >= 0.6 is 11.8 Å². The van der Waals surface area contributed by atoms with Gasteiger partial charge in [0.2, 0.25) is 5.91 Å². The van der Waals surface area contributed by atoms with Crippen molar-refractivity contribution in [1.29, 1.82) is 0 Å². The van der Waals surface area contributed by atoms with Crippen molar-refractivity contribution >= 4 is 17.7 Å². The summed E-state index contributed by atoms with van der Waals surface area (Å²) in [6, 6.07) is 0.425. The van der Waals surface area contributed by atoms with Crippen molar-refractivity contribution < 1.29 is 4.79 Å². The quantitative estimate of drug-likeness (QED) is 0.670. The van der Waals surface area contributed by atoms with Crippen LogP contribution in [-0.4, -0.2) is 48.5 Å². The number of carbonyl (C=O) groups excluding carboxylic acids is 1. The van der Waals surface area contributed by atoms with Crippen LogP contribution in [0, 0.1) is 0 Å². The maximum Gasteiger partial charge on any atom is 0.222 e. The van der Waals surface area contributed by atoms with Crippen LogP contribution in [0.4, 0.5) is 0 Å². The lowest BCUT2D eigenvalue weighted by molar-refractivity contribution is -0.127. The van der Waals surface area contributed by atoms with Gasteiger partial charge in [0.1, 0.15) is 0 Å². The van der Waals surface area contributed by atoms with Gasteiger partial charge in [-0.2, -0.15) is 11.8 Å². The molecular weight excluding hydrogens is 208 g/mol. The van der Waals surface area contributed by atoms with E-state index in [0.29, 0.717) is 11.9 Å². The van der Waals surface area contributed by atoms with Crippen molar-refractivity contribution in [3.05, 3.63) is 0 Å². The molecule has 1 atom stereocenters. The van der Waals surface area contributed by atoms with Gasteiger partial charge in [-0.3, -0.25) is 4.79 Å². The molecule has 1 rings (SSSR count). The minimum atomic E-state index is 0.327. The van der Waals surface area contributed by atoms with Gasteiger partial charge >= 0.3 is 0 Å². The second-order valence-corrected chi connectivity index (χ2v) is 5.13. The topological polar surface area (TPSA) is 32.3 Å². The number of carbonyl (C=O) groups is 1. The van der Waals surface area contributed by atoms with Crippen molar-refractivity contribution in [2.45, 2.75) is 32.2 Å². The molecule has 15 heavy (non-hydrogen) atoms. The third kappa shape index (κ3) is 4.89. The SMILES string of the molecule is CSCCCNC(C)CN1CCCC1=O. The van der Waals surface area contributed by atoms with E-state index in [1.807, 2.05) is 16.7 Å². The van der Waals surface area contributed by atoms with Crippen molar-refractivity contribution in [1.82, 2.24) is 10.2 Å². The summed E-state index contributed by atoms with van der Waals surface area (Å²) in [6.45, 7) is 5.04. The van der Waals surface area contributed by atoms with E-state index in [2.05, 4.69) is 18.5 Å². The Morgan fingerprint density at radius 2 is 2.40 bits per heavy atom. The van der Waals surface area contributed by atoms with Crippen molar-refractivity contribution in [2.24, 2.45) is 0 Å². The maximum absolute atomic E-state index is 11.4. The van der Waals surface area contributed by atoms with Gasteiger partial charge in [-0.1, -0.05) is 0 Å². The highest BCUT2D eigenvalue weighted by Crippen LogP contribution is 2.09. The summed E-state index contributed by atoms with van der Waals surface area (Å²) >= 11 is 1.88. The number of hydrogen-bond acceptors (Lipinski definition) is 3. The highest BCUT2D eigenvalue weighted by Gasteiger charge is 2.21. The number of amides is 1. The second-order valence-electron chi connectivity index (χ2n) is 4.14. The van der Waals surface area contributed by atoms with E-state index in [9.17, 15) is 4.79 Å². The molecule has 1 saturated heterocycles. The van der Waals surface area contributed by atoms with E-state index in [1.165, 1.54) is 12.2 Å². The molecule has 0 spiro atoms. The molecule has 1 unspecified atom stereocenters. The fraction of sp³-hybridized carbons (Fsp3) is 0.909. The van der Waals surface area contributed by atoms with Crippen molar-refractivity contribution in [2.75, 3.05) is 31.6 Å². The van der Waals surface area contributed by atoms with Gasteiger partial charge in [-0.15, -0.1) is 0 Å². The average molecular weight is 230 g/mol.